The number of hydrogen-bond acceptors (Lipinski definition) is 3. The second-order valence-corrected chi connectivity index (χ2v) is 6.71. The molecule has 1 aromatic rings. The van der Waals surface area contributed by atoms with Crippen LogP contribution in [-0.4, -0.2) is 23.9 Å². The third-order valence-electron chi connectivity index (χ3n) is 4.12. The predicted molar refractivity (Wildman–Crippen MR) is 86.5 cm³/mol. The molecule has 2 rings (SSSR count). The van der Waals surface area contributed by atoms with E-state index in [0.717, 1.165) is 50.1 Å². The van der Waals surface area contributed by atoms with E-state index in [-0.39, 0.29) is 0 Å². The Labute approximate surface area is 128 Å². The Balaban J connectivity index is 1.90. The number of hydrogen-bond donors (Lipinski definition) is 2. The third kappa shape index (κ3) is 5.33. The smallest absolute Gasteiger partial charge is 0.123 e. The second-order valence-electron chi connectivity index (χ2n) is 6.71. The number of benzene rings is 1. The summed E-state index contributed by atoms with van der Waals surface area (Å²) in [6.07, 6.45) is 5.18. The van der Waals surface area contributed by atoms with E-state index in [0.29, 0.717) is 12.5 Å². The van der Waals surface area contributed by atoms with Gasteiger partial charge in [0.1, 0.15) is 12.4 Å². The zero-order valence-corrected chi connectivity index (χ0v) is 13.4. The molecule has 0 heterocycles. The van der Waals surface area contributed by atoms with Crippen LogP contribution in [0.3, 0.4) is 0 Å². The van der Waals surface area contributed by atoms with Crippen LogP contribution in [0, 0.1) is 5.92 Å². The molecule has 0 amide bonds. The molecule has 1 aliphatic rings. The minimum atomic E-state index is -0.628. The lowest BCUT2D eigenvalue weighted by atomic mass is 9.85. The summed E-state index contributed by atoms with van der Waals surface area (Å²) in [6, 6.07) is 8.12. The molecule has 21 heavy (non-hydrogen) atoms. The standard InChI is InChI=1S/C18H29NO2/c1-15(2)12-19-13-16-8-4-5-9-17(16)21-14-18(20)10-6-3-7-11-18/h4-5,8-9,15,19-20H,3,6-7,10-14H2,1-2H3. The summed E-state index contributed by atoms with van der Waals surface area (Å²) in [6.45, 7) is 6.63. The van der Waals surface area contributed by atoms with Crippen LogP contribution in [0.25, 0.3) is 0 Å². The normalized spacial score (nSPS) is 17.9. The molecule has 0 spiro atoms. The Morgan fingerprint density at radius 1 is 1.19 bits per heavy atom. The van der Waals surface area contributed by atoms with Crippen LogP contribution in [0.15, 0.2) is 24.3 Å². The van der Waals surface area contributed by atoms with Crippen LogP contribution in [0.1, 0.15) is 51.5 Å². The minimum Gasteiger partial charge on any atom is -0.490 e. The first-order valence-corrected chi connectivity index (χ1v) is 8.23. The van der Waals surface area contributed by atoms with Crippen LogP contribution in [0.2, 0.25) is 0 Å². The Hall–Kier alpha value is -1.06. The van der Waals surface area contributed by atoms with E-state index >= 15 is 0 Å². The van der Waals surface area contributed by atoms with Gasteiger partial charge in [0.15, 0.2) is 0 Å². The Kier molecular flexibility index (Phi) is 6.07. The van der Waals surface area contributed by atoms with E-state index in [1.807, 2.05) is 18.2 Å². The van der Waals surface area contributed by atoms with Crippen molar-refractivity contribution in [1.82, 2.24) is 5.32 Å². The lowest BCUT2D eigenvalue weighted by molar-refractivity contribution is -0.0341. The zero-order chi connectivity index (χ0) is 15.1. The lowest BCUT2D eigenvalue weighted by Gasteiger charge is -2.32. The molecule has 0 aromatic heterocycles. The van der Waals surface area contributed by atoms with Gasteiger partial charge in [0.2, 0.25) is 0 Å². The highest BCUT2D eigenvalue weighted by molar-refractivity contribution is 5.33. The van der Waals surface area contributed by atoms with Gasteiger partial charge in [0, 0.05) is 12.1 Å². The molecule has 2 N–H and O–H groups in total. The summed E-state index contributed by atoms with van der Waals surface area (Å²) in [5, 5.41) is 14.0. The largest absolute Gasteiger partial charge is 0.490 e. The van der Waals surface area contributed by atoms with Crippen LogP contribution in [0.5, 0.6) is 5.75 Å². The van der Waals surface area contributed by atoms with Gasteiger partial charge in [0.05, 0.1) is 5.60 Å². The van der Waals surface area contributed by atoms with Crippen LogP contribution >= 0.6 is 0 Å². The lowest BCUT2D eigenvalue weighted by Crippen LogP contribution is -2.38. The summed E-state index contributed by atoms with van der Waals surface area (Å²) >= 11 is 0. The Bertz CT molecular complexity index is 425. The fourth-order valence-electron chi connectivity index (χ4n) is 2.85. The van der Waals surface area contributed by atoms with Crippen LogP contribution in [0.4, 0.5) is 0 Å². The number of ether oxygens (including phenoxy) is 1. The van der Waals surface area contributed by atoms with Crippen molar-refractivity contribution in [2.24, 2.45) is 5.92 Å². The Morgan fingerprint density at radius 2 is 1.90 bits per heavy atom. The van der Waals surface area contributed by atoms with Crippen molar-refractivity contribution in [2.75, 3.05) is 13.2 Å². The van der Waals surface area contributed by atoms with Gasteiger partial charge in [-0.1, -0.05) is 51.3 Å². The molecule has 0 unspecified atom stereocenters. The molecule has 0 aliphatic heterocycles. The van der Waals surface area contributed by atoms with Gasteiger partial charge in [-0.2, -0.15) is 0 Å². The van der Waals surface area contributed by atoms with Crippen molar-refractivity contribution in [1.29, 1.82) is 0 Å². The maximum absolute atomic E-state index is 10.5. The van der Waals surface area contributed by atoms with Crippen molar-refractivity contribution in [3.05, 3.63) is 29.8 Å². The molecule has 0 atom stereocenters. The SMILES string of the molecule is CC(C)CNCc1ccccc1OCC1(O)CCCCC1. The van der Waals surface area contributed by atoms with Crippen molar-refractivity contribution < 1.29 is 9.84 Å². The van der Waals surface area contributed by atoms with Crippen LogP contribution in [-0.2, 0) is 6.54 Å². The summed E-state index contributed by atoms with van der Waals surface area (Å²) in [4.78, 5) is 0. The minimum absolute atomic E-state index is 0.411. The molecule has 0 bridgehead atoms. The second kappa shape index (κ2) is 7.81. The molecular weight excluding hydrogens is 262 g/mol. The van der Waals surface area contributed by atoms with Gasteiger partial charge in [-0.25, -0.2) is 0 Å². The van der Waals surface area contributed by atoms with Crippen molar-refractivity contribution in [2.45, 2.75) is 58.1 Å². The summed E-state index contributed by atoms with van der Waals surface area (Å²) < 4.78 is 5.95. The van der Waals surface area contributed by atoms with E-state index in [2.05, 4.69) is 25.2 Å². The number of nitrogens with one attached hydrogen (secondary N) is 1. The van der Waals surface area contributed by atoms with E-state index < -0.39 is 5.60 Å². The molecule has 0 radical (unpaired) electrons. The average Bonchev–Trinajstić information content (AvgIpc) is 2.47. The third-order valence-corrected chi connectivity index (χ3v) is 4.12. The number of rotatable bonds is 7. The summed E-state index contributed by atoms with van der Waals surface area (Å²) in [5.74, 6) is 1.54. The van der Waals surface area contributed by atoms with Gasteiger partial charge in [-0.05, 0) is 31.4 Å². The fourth-order valence-corrected chi connectivity index (χ4v) is 2.85. The van der Waals surface area contributed by atoms with Gasteiger partial charge >= 0.3 is 0 Å². The Morgan fingerprint density at radius 3 is 2.62 bits per heavy atom. The molecule has 1 fully saturated rings. The maximum atomic E-state index is 10.5. The first-order chi connectivity index (χ1) is 10.1. The molecule has 118 valence electrons. The van der Waals surface area contributed by atoms with Gasteiger partial charge in [0.25, 0.3) is 0 Å². The first-order valence-electron chi connectivity index (χ1n) is 8.23. The zero-order valence-electron chi connectivity index (χ0n) is 13.4. The van der Waals surface area contributed by atoms with Gasteiger partial charge < -0.3 is 15.2 Å². The van der Waals surface area contributed by atoms with Gasteiger partial charge in [-0.15, -0.1) is 0 Å². The quantitative estimate of drug-likeness (QED) is 0.808. The van der Waals surface area contributed by atoms with Crippen LogP contribution < -0.4 is 10.1 Å². The highest BCUT2D eigenvalue weighted by Gasteiger charge is 2.30. The van der Waals surface area contributed by atoms with Crippen molar-refractivity contribution in [3.63, 3.8) is 0 Å². The van der Waals surface area contributed by atoms with Crippen molar-refractivity contribution in [3.8, 4) is 5.75 Å². The average molecular weight is 291 g/mol. The summed E-state index contributed by atoms with van der Waals surface area (Å²) in [5.41, 5.74) is 0.536. The van der Waals surface area contributed by atoms with E-state index in [1.54, 1.807) is 0 Å². The molecule has 1 aromatic carbocycles. The maximum Gasteiger partial charge on any atom is 0.123 e. The van der Waals surface area contributed by atoms with E-state index in [1.165, 1.54) is 6.42 Å². The molecule has 1 saturated carbocycles. The van der Waals surface area contributed by atoms with Crippen molar-refractivity contribution >= 4 is 0 Å². The molecule has 1 aliphatic carbocycles. The van der Waals surface area contributed by atoms with E-state index in [4.69, 9.17) is 4.74 Å². The molecular formula is C18H29NO2. The van der Waals surface area contributed by atoms with Gasteiger partial charge in [-0.3, -0.25) is 0 Å². The number of para-hydroxylation sites is 1. The molecule has 3 heteroatoms. The first kappa shape index (κ1) is 16.3. The fraction of sp³-hybridized carbons (Fsp3) is 0.667. The highest BCUT2D eigenvalue weighted by atomic mass is 16.5. The highest BCUT2D eigenvalue weighted by Crippen LogP contribution is 2.29. The molecule has 3 nitrogen and oxygen atoms in total. The predicted octanol–water partition coefficient (Wildman–Crippen LogP) is 3.51. The van der Waals surface area contributed by atoms with E-state index in [9.17, 15) is 5.11 Å². The topological polar surface area (TPSA) is 41.5 Å². The number of aliphatic hydroxyl groups is 1. The summed E-state index contributed by atoms with van der Waals surface area (Å²) in [7, 11) is 0. The monoisotopic (exact) mass is 291 g/mol. The molecule has 0 saturated heterocycles.